The quantitative estimate of drug-likeness (QED) is 0.0445. The summed E-state index contributed by atoms with van der Waals surface area (Å²) in [6.45, 7) is 17.5. The Morgan fingerprint density at radius 2 is 1.07 bits per heavy atom. The third-order valence-electron chi connectivity index (χ3n) is 11.5. The van der Waals surface area contributed by atoms with Crippen molar-refractivity contribution in [3.05, 3.63) is 159 Å². The zero-order chi connectivity index (χ0) is 50.1. The Labute approximate surface area is 395 Å². The molecule has 15 nitrogen and oxygen atoms in total. The lowest BCUT2D eigenvalue weighted by Crippen LogP contribution is -2.50. The largest absolute Gasteiger partial charge is 0.454 e. The molecular weight excluding hydrogens is 869 g/mol. The van der Waals surface area contributed by atoms with E-state index in [1.165, 1.54) is 69.4 Å². The van der Waals surface area contributed by atoms with Gasteiger partial charge in [0, 0.05) is 47.6 Å². The van der Waals surface area contributed by atoms with Gasteiger partial charge in [-0.3, -0.25) is 33.6 Å². The molecular formula is C53H56N4O11. The smallest absolute Gasteiger partial charge is 0.339 e. The van der Waals surface area contributed by atoms with Crippen molar-refractivity contribution in [2.75, 3.05) is 32.1 Å². The zero-order valence-corrected chi connectivity index (χ0v) is 39.3. The number of esters is 2. The summed E-state index contributed by atoms with van der Waals surface area (Å²) in [6.07, 6.45) is 2.19. The van der Waals surface area contributed by atoms with Crippen molar-refractivity contribution < 1.29 is 52.6 Å². The molecule has 5 rings (SSSR count). The number of rotatable bonds is 18. The fourth-order valence-electron chi connectivity index (χ4n) is 8.21. The number of nitrogens with one attached hydrogen (secondary N) is 4. The van der Waals surface area contributed by atoms with Gasteiger partial charge in [-0.2, -0.15) is 0 Å². The molecule has 0 aliphatic heterocycles. The normalized spacial score (nSPS) is 16.0. The van der Waals surface area contributed by atoms with Gasteiger partial charge < -0.3 is 30.7 Å². The Kier molecular flexibility index (Phi) is 16.3. The molecule has 1 saturated carbocycles. The highest BCUT2D eigenvalue weighted by atomic mass is 16.5. The Morgan fingerprint density at radius 1 is 0.603 bits per heavy atom. The summed E-state index contributed by atoms with van der Waals surface area (Å²) in [5.41, 5.74) is 0.836. The van der Waals surface area contributed by atoms with Crippen LogP contribution in [0.25, 0.3) is 0 Å². The van der Waals surface area contributed by atoms with Gasteiger partial charge in [0.2, 0.25) is 0 Å². The summed E-state index contributed by atoms with van der Waals surface area (Å²) >= 11 is 0. The SMILES string of the molecule is C=C(C)C(=O)COC(=O)c1ccc(C(=O)c2ccc(C(=O)OCC(=O)C(=C)C)c(C(=O)Nc3ccc(C(=O)NC4CC(C)(C)CC(C)(CNC(=O)c5ccc(C)cc5)C4)cc3)c2)cc1C(=O)NC. The second kappa shape index (κ2) is 21.7. The Balaban J connectivity index is 1.34. The van der Waals surface area contributed by atoms with E-state index >= 15 is 0 Å². The monoisotopic (exact) mass is 924 g/mol. The number of benzene rings is 4. The predicted octanol–water partition coefficient (Wildman–Crippen LogP) is 7.19. The molecule has 2 unspecified atom stereocenters. The third-order valence-corrected chi connectivity index (χ3v) is 11.5. The molecule has 68 heavy (non-hydrogen) atoms. The Morgan fingerprint density at radius 3 is 1.57 bits per heavy atom. The van der Waals surface area contributed by atoms with Crippen LogP contribution in [0.5, 0.6) is 0 Å². The molecule has 0 radical (unpaired) electrons. The first-order valence-electron chi connectivity index (χ1n) is 21.8. The number of Topliss-reactive ketones (excluding diaryl/α,β-unsaturated/α-hetero) is 2. The van der Waals surface area contributed by atoms with E-state index in [2.05, 4.69) is 55.2 Å². The maximum absolute atomic E-state index is 14.0. The molecule has 0 saturated heterocycles. The minimum Gasteiger partial charge on any atom is -0.454 e. The molecule has 1 aliphatic rings. The van der Waals surface area contributed by atoms with Gasteiger partial charge in [-0.1, -0.05) is 63.8 Å². The minimum atomic E-state index is -1.04. The van der Waals surface area contributed by atoms with Crippen molar-refractivity contribution in [3.63, 3.8) is 0 Å². The maximum atomic E-state index is 14.0. The molecule has 2 atom stereocenters. The van der Waals surface area contributed by atoms with Crippen LogP contribution < -0.4 is 21.3 Å². The summed E-state index contributed by atoms with van der Waals surface area (Å²) in [7, 11) is 1.32. The average molecular weight is 925 g/mol. The van der Waals surface area contributed by atoms with Gasteiger partial charge in [-0.25, -0.2) is 9.59 Å². The van der Waals surface area contributed by atoms with Gasteiger partial charge in [-0.05, 0) is 123 Å². The molecule has 1 fully saturated rings. The number of hydrogen-bond acceptors (Lipinski definition) is 11. The van der Waals surface area contributed by atoms with Crippen molar-refractivity contribution >= 4 is 58.6 Å². The summed E-state index contributed by atoms with van der Waals surface area (Å²) in [5, 5.41) is 11.3. The number of carbonyl (C=O) groups is 9. The van der Waals surface area contributed by atoms with E-state index in [0.717, 1.165) is 30.5 Å². The van der Waals surface area contributed by atoms with E-state index in [1.807, 2.05) is 19.1 Å². The Bertz CT molecular complexity index is 2720. The van der Waals surface area contributed by atoms with Crippen molar-refractivity contribution in [1.82, 2.24) is 16.0 Å². The molecule has 15 heteroatoms. The molecule has 0 aromatic heterocycles. The molecule has 4 aromatic carbocycles. The summed E-state index contributed by atoms with van der Waals surface area (Å²) in [6, 6.07) is 20.4. The number of anilines is 1. The van der Waals surface area contributed by atoms with Crippen LogP contribution in [-0.4, -0.2) is 85.8 Å². The Hall–Kier alpha value is -7.81. The van der Waals surface area contributed by atoms with E-state index in [-0.39, 0.29) is 78.9 Å². The molecule has 1 aliphatic carbocycles. The number of ketones is 3. The highest BCUT2D eigenvalue weighted by Gasteiger charge is 2.42. The molecule has 0 bridgehead atoms. The van der Waals surface area contributed by atoms with Crippen LogP contribution in [0.1, 0.15) is 138 Å². The topological polar surface area (TPSA) is 220 Å². The van der Waals surface area contributed by atoms with Gasteiger partial charge in [0.15, 0.2) is 30.6 Å². The first-order chi connectivity index (χ1) is 32.0. The van der Waals surface area contributed by atoms with E-state index in [9.17, 15) is 43.2 Å². The number of carbonyl (C=O) groups excluding carboxylic acids is 9. The number of hydrogen-bond donors (Lipinski definition) is 4. The molecule has 354 valence electrons. The number of aryl methyl sites for hydroxylation is 1. The first-order valence-corrected chi connectivity index (χ1v) is 21.8. The van der Waals surface area contributed by atoms with Gasteiger partial charge in [0.1, 0.15) is 0 Å². The van der Waals surface area contributed by atoms with E-state index in [0.29, 0.717) is 24.1 Å². The molecule has 4 amide bonds. The molecule has 0 heterocycles. The van der Waals surface area contributed by atoms with Crippen LogP contribution in [0, 0.1) is 17.8 Å². The summed E-state index contributed by atoms with van der Waals surface area (Å²) < 4.78 is 10.3. The lowest BCUT2D eigenvalue weighted by molar-refractivity contribution is -0.119. The fraction of sp³-hybridized carbons (Fsp3) is 0.302. The fourth-order valence-corrected chi connectivity index (χ4v) is 8.21. The van der Waals surface area contributed by atoms with Gasteiger partial charge in [0.25, 0.3) is 23.6 Å². The van der Waals surface area contributed by atoms with Crippen molar-refractivity contribution in [2.45, 2.75) is 66.8 Å². The molecule has 0 spiro atoms. The lowest BCUT2D eigenvalue weighted by atomic mass is 9.62. The highest BCUT2D eigenvalue weighted by Crippen LogP contribution is 2.46. The van der Waals surface area contributed by atoms with Crippen molar-refractivity contribution in [2.24, 2.45) is 10.8 Å². The highest BCUT2D eigenvalue weighted by molar-refractivity contribution is 6.16. The van der Waals surface area contributed by atoms with Crippen LogP contribution in [0.3, 0.4) is 0 Å². The van der Waals surface area contributed by atoms with E-state index < -0.39 is 54.3 Å². The molecule has 4 aromatic rings. The standard InChI is InChI=1S/C53H56N4O11/c1-30(2)43(58)26-67-50(65)39-20-16-35(22-41(39)48(63)54-9)45(60)36-17-21-40(51(66)68-27-44(59)31(3)4)42(23-36)49(64)56-37-18-14-34(15-19-37)47(62)57-38-24-52(6,7)28-53(8,25-38)29-55-46(61)33-12-10-32(5)11-13-33/h10-23,38H,1,3,24-29H2,2,4-9H3,(H,54,63)(H,55,61)(H,56,64)(H,57,62). The van der Waals surface area contributed by atoms with Crippen LogP contribution >= 0.6 is 0 Å². The summed E-state index contributed by atoms with van der Waals surface area (Å²) in [5.74, 6) is -5.89. The number of amides is 4. The minimum absolute atomic E-state index is 0.0768. The number of ether oxygens (including phenoxy) is 2. The first kappa shape index (κ1) is 51.2. The van der Waals surface area contributed by atoms with Crippen molar-refractivity contribution in [1.29, 1.82) is 0 Å². The molecule has 4 N–H and O–H groups in total. The van der Waals surface area contributed by atoms with Crippen molar-refractivity contribution in [3.8, 4) is 0 Å². The van der Waals surface area contributed by atoms with Crippen LogP contribution in [0.4, 0.5) is 5.69 Å². The predicted molar refractivity (Wildman–Crippen MR) is 255 cm³/mol. The van der Waals surface area contributed by atoms with E-state index in [4.69, 9.17) is 9.47 Å². The third kappa shape index (κ3) is 13.2. The average Bonchev–Trinajstić information content (AvgIpc) is 3.30. The second-order valence-corrected chi connectivity index (χ2v) is 18.3. The van der Waals surface area contributed by atoms with E-state index in [1.54, 1.807) is 12.1 Å². The van der Waals surface area contributed by atoms with Crippen LogP contribution in [0.15, 0.2) is 109 Å². The lowest BCUT2D eigenvalue weighted by Gasteiger charge is -2.47. The van der Waals surface area contributed by atoms with Gasteiger partial charge >= 0.3 is 11.9 Å². The second-order valence-electron chi connectivity index (χ2n) is 18.3. The zero-order valence-electron chi connectivity index (χ0n) is 39.3. The van der Waals surface area contributed by atoms with Crippen LogP contribution in [0.2, 0.25) is 0 Å². The van der Waals surface area contributed by atoms with Gasteiger partial charge in [0.05, 0.1) is 22.3 Å². The van der Waals surface area contributed by atoms with Gasteiger partial charge in [-0.15, -0.1) is 0 Å². The maximum Gasteiger partial charge on any atom is 0.339 e. The summed E-state index contributed by atoms with van der Waals surface area (Å²) in [4.78, 5) is 118. The van der Waals surface area contributed by atoms with Crippen LogP contribution in [-0.2, 0) is 19.1 Å².